The molecule has 0 radical (unpaired) electrons. The van der Waals surface area contributed by atoms with E-state index in [0.29, 0.717) is 26.2 Å². The van der Waals surface area contributed by atoms with E-state index >= 15 is 0 Å². The number of carbonyl (C=O) groups is 1. The van der Waals surface area contributed by atoms with Crippen molar-refractivity contribution < 1.29 is 18.7 Å². The zero-order valence-electron chi connectivity index (χ0n) is 19.4. The first-order chi connectivity index (χ1) is 17.0. The summed E-state index contributed by atoms with van der Waals surface area (Å²) in [6.07, 6.45) is 4.16. The van der Waals surface area contributed by atoms with Gasteiger partial charge < -0.3 is 24.6 Å². The van der Waals surface area contributed by atoms with Crippen LogP contribution < -0.4 is 14.8 Å². The summed E-state index contributed by atoms with van der Waals surface area (Å²) in [6.45, 7) is 5.14. The molecule has 186 valence electrons. The summed E-state index contributed by atoms with van der Waals surface area (Å²) >= 11 is 3.20. The molecule has 11 heteroatoms. The first-order valence-electron chi connectivity index (χ1n) is 12.0. The van der Waals surface area contributed by atoms with Gasteiger partial charge in [0.25, 0.3) is 0 Å². The van der Waals surface area contributed by atoms with Gasteiger partial charge in [-0.2, -0.15) is 15.2 Å². The minimum Gasteiger partial charge on any atom is -0.463 e. The van der Waals surface area contributed by atoms with Crippen molar-refractivity contribution in [3.63, 3.8) is 0 Å². The van der Waals surface area contributed by atoms with Crippen molar-refractivity contribution in [2.24, 2.45) is 5.41 Å². The molecule has 1 atom stereocenters. The van der Waals surface area contributed by atoms with Crippen molar-refractivity contribution in [1.29, 1.82) is 5.26 Å². The highest BCUT2D eigenvalue weighted by Crippen LogP contribution is 2.47. The molecule has 9 nitrogen and oxygen atoms in total. The van der Waals surface area contributed by atoms with Gasteiger partial charge in [0, 0.05) is 31.6 Å². The molecule has 1 amide bonds. The first kappa shape index (κ1) is 24.2. The summed E-state index contributed by atoms with van der Waals surface area (Å²) in [5.41, 5.74) is 0.0890. The lowest BCUT2D eigenvalue weighted by Gasteiger charge is -2.33. The third kappa shape index (κ3) is 5.34. The number of ether oxygens (including phenoxy) is 2. The Balaban J connectivity index is 1.38. The van der Waals surface area contributed by atoms with Crippen molar-refractivity contribution in [2.75, 3.05) is 45.9 Å². The second kappa shape index (κ2) is 10.2. The fourth-order valence-corrected chi connectivity index (χ4v) is 5.14. The van der Waals surface area contributed by atoms with E-state index < -0.39 is 11.9 Å². The lowest BCUT2D eigenvalue weighted by atomic mass is 10.1. The highest BCUT2D eigenvalue weighted by atomic mass is 79.9. The maximum Gasteiger partial charge on any atom is 0.416 e. The van der Waals surface area contributed by atoms with Crippen LogP contribution in [0.4, 0.5) is 9.18 Å². The Morgan fingerprint density at radius 3 is 2.83 bits per heavy atom. The molecule has 2 aliphatic heterocycles. The van der Waals surface area contributed by atoms with Gasteiger partial charge in [-0.25, -0.2) is 9.18 Å². The van der Waals surface area contributed by atoms with Gasteiger partial charge in [-0.05, 0) is 66.8 Å². The number of hydrogen-bond donors (Lipinski definition) is 1. The predicted molar refractivity (Wildman–Crippen MR) is 130 cm³/mol. The number of rotatable bonds is 7. The van der Waals surface area contributed by atoms with E-state index in [-0.39, 0.29) is 45.1 Å². The number of halogens is 2. The van der Waals surface area contributed by atoms with Crippen molar-refractivity contribution in [2.45, 2.75) is 38.1 Å². The highest BCUT2D eigenvalue weighted by molar-refractivity contribution is 9.10. The molecule has 1 aromatic heterocycles. The van der Waals surface area contributed by atoms with E-state index in [1.165, 1.54) is 23.8 Å². The summed E-state index contributed by atoms with van der Waals surface area (Å²) in [5, 5.41) is 12.6. The Bertz CT molecular complexity index is 1150. The molecule has 1 N–H and O–H groups in total. The van der Waals surface area contributed by atoms with Crippen molar-refractivity contribution in [3.8, 4) is 18.0 Å². The van der Waals surface area contributed by atoms with Gasteiger partial charge >= 0.3 is 12.1 Å². The molecule has 1 unspecified atom stereocenters. The van der Waals surface area contributed by atoms with Crippen LogP contribution in [0.5, 0.6) is 11.9 Å². The van der Waals surface area contributed by atoms with Gasteiger partial charge in [0.2, 0.25) is 5.88 Å². The number of carbonyl (C=O) groups excluding carboxylic acids is 1. The van der Waals surface area contributed by atoms with Crippen LogP contribution >= 0.6 is 15.9 Å². The standard InChI is InChI=1S/C24H28BrFN6O3/c25-18-4-3-17-20(19(18)26)29-22(34-15-24(6-7-24)14-31-10-1-2-11-31)30-21(17)35-23(33)32-12-9-28-13-16(32)5-8-27/h3-4,16,28H,1-2,5-7,9-15H2. The predicted octanol–water partition coefficient (Wildman–Crippen LogP) is 3.47. The number of nitriles is 1. The molecule has 2 saturated heterocycles. The Morgan fingerprint density at radius 2 is 2.09 bits per heavy atom. The van der Waals surface area contributed by atoms with Crippen LogP contribution in [0.3, 0.4) is 0 Å². The second-order valence-corrected chi connectivity index (χ2v) is 10.5. The SMILES string of the molecule is N#CCC1CNCCN1C(=O)Oc1nc(OCC2(CN3CCCC3)CC2)nc2c(F)c(Br)ccc12. The van der Waals surface area contributed by atoms with Gasteiger partial charge in [-0.3, -0.25) is 0 Å². The molecule has 2 aromatic rings. The number of likely N-dealkylation sites (tertiary alicyclic amines) is 1. The van der Waals surface area contributed by atoms with Gasteiger partial charge in [-0.1, -0.05) is 0 Å². The number of nitrogens with one attached hydrogen (secondary N) is 1. The summed E-state index contributed by atoms with van der Waals surface area (Å²) in [5.74, 6) is -0.630. The molecule has 1 aromatic carbocycles. The summed E-state index contributed by atoms with van der Waals surface area (Å²) in [7, 11) is 0. The summed E-state index contributed by atoms with van der Waals surface area (Å²) in [4.78, 5) is 25.7. The molecular formula is C24H28BrFN6O3. The quantitative estimate of drug-likeness (QED) is 0.562. The molecule has 1 saturated carbocycles. The Kier molecular flexibility index (Phi) is 7.05. The van der Waals surface area contributed by atoms with Gasteiger partial charge in [0.1, 0.15) is 5.52 Å². The maximum absolute atomic E-state index is 15.0. The van der Waals surface area contributed by atoms with Crippen LogP contribution in [0.2, 0.25) is 0 Å². The fraction of sp³-hybridized carbons (Fsp3) is 0.583. The van der Waals surface area contributed by atoms with E-state index in [2.05, 4.69) is 42.2 Å². The van der Waals surface area contributed by atoms with E-state index in [0.717, 1.165) is 32.5 Å². The molecule has 0 bridgehead atoms. The minimum atomic E-state index is -0.631. The lowest BCUT2D eigenvalue weighted by Crippen LogP contribution is -2.54. The number of fused-ring (bicyclic) bond motifs is 1. The molecule has 35 heavy (non-hydrogen) atoms. The third-order valence-electron chi connectivity index (χ3n) is 7.02. The van der Waals surface area contributed by atoms with Crippen LogP contribution in [0.25, 0.3) is 10.9 Å². The number of aromatic nitrogens is 2. The largest absolute Gasteiger partial charge is 0.463 e. The first-order valence-corrected chi connectivity index (χ1v) is 12.8. The Hall–Kier alpha value is -2.55. The van der Waals surface area contributed by atoms with E-state index in [1.54, 1.807) is 6.07 Å². The van der Waals surface area contributed by atoms with Crippen LogP contribution in [0.15, 0.2) is 16.6 Å². The topological polar surface area (TPSA) is 104 Å². The molecule has 0 spiro atoms. The molecule has 3 aliphatic rings. The Morgan fingerprint density at radius 1 is 1.29 bits per heavy atom. The zero-order valence-corrected chi connectivity index (χ0v) is 21.0. The van der Waals surface area contributed by atoms with Gasteiger partial charge in [0.15, 0.2) is 5.82 Å². The van der Waals surface area contributed by atoms with Crippen molar-refractivity contribution >= 4 is 32.9 Å². The maximum atomic E-state index is 15.0. The number of nitrogens with zero attached hydrogens (tertiary/aromatic N) is 5. The van der Waals surface area contributed by atoms with Crippen LogP contribution in [0, 0.1) is 22.6 Å². The number of benzene rings is 1. The highest BCUT2D eigenvalue weighted by Gasteiger charge is 2.45. The minimum absolute atomic E-state index is 0.0149. The average molecular weight is 547 g/mol. The van der Waals surface area contributed by atoms with Crippen molar-refractivity contribution in [3.05, 3.63) is 22.4 Å². The zero-order chi connectivity index (χ0) is 24.4. The Labute approximate surface area is 211 Å². The van der Waals surface area contributed by atoms with E-state index in [4.69, 9.17) is 14.7 Å². The monoisotopic (exact) mass is 546 g/mol. The summed E-state index contributed by atoms with van der Waals surface area (Å²) in [6, 6.07) is 4.92. The lowest BCUT2D eigenvalue weighted by molar-refractivity contribution is 0.118. The molecule has 3 fully saturated rings. The smallest absolute Gasteiger partial charge is 0.416 e. The number of piperazine rings is 1. The third-order valence-corrected chi connectivity index (χ3v) is 7.63. The average Bonchev–Trinajstić information content (AvgIpc) is 3.43. The van der Waals surface area contributed by atoms with E-state index in [9.17, 15) is 9.18 Å². The van der Waals surface area contributed by atoms with Gasteiger partial charge in [-0.15, -0.1) is 0 Å². The molecule has 5 rings (SSSR count). The fourth-order valence-electron chi connectivity index (χ4n) is 4.82. The van der Waals surface area contributed by atoms with Crippen molar-refractivity contribution in [1.82, 2.24) is 25.1 Å². The van der Waals surface area contributed by atoms with Crippen LogP contribution in [-0.4, -0.2) is 77.8 Å². The number of amides is 1. The normalized spacial score (nSPS) is 21.6. The van der Waals surface area contributed by atoms with Gasteiger partial charge in [0.05, 0.1) is 35.0 Å². The van der Waals surface area contributed by atoms with Crippen LogP contribution in [-0.2, 0) is 0 Å². The molecule has 3 heterocycles. The second-order valence-electron chi connectivity index (χ2n) is 9.62. The molecular weight excluding hydrogens is 519 g/mol. The van der Waals surface area contributed by atoms with Crippen LogP contribution in [0.1, 0.15) is 32.1 Å². The number of hydrogen-bond acceptors (Lipinski definition) is 8. The van der Waals surface area contributed by atoms with E-state index in [1.807, 2.05) is 0 Å². The molecule has 1 aliphatic carbocycles. The summed E-state index contributed by atoms with van der Waals surface area (Å²) < 4.78 is 26.9.